The van der Waals surface area contributed by atoms with E-state index in [1.165, 1.54) is 5.56 Å². The van der Waals surface area contributed by atoms with Crippen LogP contribution >= 0.6 is 0 Å². The molecule has 0 bridgehead atoms. The minimum Gasteiger partial charge on any atom is -0.379 e. The van der Waals surface area contributed by atoms with Gasteiger partial charge in [0.15, 0.2) is 0 Å². The molecule has 3 fully saturated rings. The second kappa shape index (κ2) is 9.33. The topological polar surface area (TPSA) is 57.7 Å². The minimum atomic E-state index is -0.246. The van der Waals surface area contributed by atoms with Crippen molar-refractivity contribution in [3.8, 4) is 0 Å². The first-order valence-electron chi connectivity index (χ1n) is 11.8. The van der Waals surface area contributed by atoms with E-state index in [0.717, 1.165) is 82.9 Å². The Morgan fingerprint density at radius 3 is 2.80 bits per heavy atom. The van der Waals surface area contributed by atoms with Gasteiger partial charge in [-0.25, -0.2) is 0 Å². The Morgan fingerprint density at radius 2 is 2.07 bits per heavy atom. The fraction of sp³-hybridized carbons (Fsp3) is 0.750. The number of amides is 1. The highest BCUT2D eigenvalue weighted by Gasteiger charge is 2.52. The highest BCUT2D eigenvalue weighted by molar-refractivity contribution is 5.83. The second-order valence-corrected chi connectivity index (χ2v) is 9.52. The fourth-order valence-corrected chi connectivity index (χ4v) is 5.79. The number of ether oxygens (including phenoxy) is 1. The lowest BCUT2D eigenvalue weighted by atomic mass is 9.61. The molecule has 0 aromatic carbocycles. The van der Waals surface area contributed by atoms with Gasteiger partial charge in [0.05, 0.1) is 18.6 Å². The molecule has 1 saturated carbocycles. The van der Waals surface area contributed by atoms with Crippen LogP contribution in [-0.4, -0.2) is 72.7 Å². The number of piperidine rings is 1. The number of aromatic nitrogens is 1. The Labute approximate surface area is 181 Å². The number of pyridine rings is 1. The van der Waals surface area contributed by atoms with E-state index in [9.17, 15) is 4.79 Å². The maximum absolute atomic E-state index is 13.6. The molecule has 1 aliphatic carbocycles. The highest BCUT2D eigenvalue weighted by Crippen LogP contribution is 2.47. The smallest absolute Gasteiger partial charge is 0.228 e. The van der Waals surface area contributed by atoms with Gasteiger partial charge >= 0.3 is 0 Å². The van der Waals surface area contributed by atoms with E-state index in [0.29, 0.717) is 18.5 Å². The van der Waals surface area contributed by atoms with Crippen LogP contribution in [0.3, 0.4) is 0 Å². The van der Waals surface area contributed by atoms with Crippen LogP contribution in [-0.2, 0) is 16.1 Å². The van der Waals surface area contributed by atoms with Crippen LogP contribution in [0, 0.1) is 25.2 Å². The van der Waals surface area contributed by atoms with Gasteiger partial charge in [-0.05, 0) is 69.7 Å². The summed E-state index contributed by atoms with van der Waals surface area (Å²) in [4.78, 5) is 23.2. The lowest BCUT2D eigenvalue weighted by molar-refractivity contribution is -0.145. The van der Waals surface area contributed by atoms with E-state index in [-0.39, 0.29) is 11.3 Å². The standard InChI is InChI=1S/C24H38N4O2/c1-4-27-8-6-21-14-22(28-9-11-30-12-10-28)5-7-24(21,17-27)23(29)26-16-20-13-18(2)19(3)25-15-20/h13,15,21-22H,4-12,14,16-17H2,1-3H3,(H,26,29)/t21-,22+,24-/m1/s1. The molecule has 166 valence electrons. The van der Waals surface area contributed by atoms with Crippen LogP contribution < -0.4 is 5.32 Å². The first-order valence-corrected chi connectivity index (χ1v) is 11.8. The van der Waals surface area contributed by atoms with Gasteiger partial charge in [-0.1, -0.05) is 13.0 Å². The number of hydrogen-bond acceptors (Lipinski definition) is 5. The lowest BCUT2D eigenvalue weighted by Crippen LogP contribution is -2.60. The molecule has 1 aromatic heterocycles. The molecule has 1 amide bonds. The molecule has 0 spiro atoms. The summed E-state index contributed by atoms with van der Waals surface area (Å²) < 4.78 is 5.56. The van der Waals surface area contributed by atoms with Gasteiger partial charge in [0.25, 0.3) is 0 Å². The van der Waals surface area contributed by atoms with Crippen molar-refractivity contribution in [3.05, 3.63) is 29.1 Å². The summed E-state index contributed by atoms with van der Waals surface area (Å²) >= 11 is 0. The maximum atomic E-state index is 13.6. The quantitative estimate of drug-likeness (QED) is 0.802. The minimum absolute atomic E-state index is 0.246. The normalized spacial score (nSPS) is 30.6. The largest absolute Gasteiger partial charge is 0.379 e. The Morgan fingerprint density at radius 1 is 1.27 bits per heavy atom. The average molecular weight is 415 g/mol. The van der Waals surface area contributed by atoms with E-state index < -0.39 is 0 Å². The number of nitrogens with one attached hydrogen (secondary N) is 1. The number of nitrogens with zero attached hydrogens (tertiary/aromatic N) is 3. The molecule has 30 heavy (non-hydrogen) atoms. The van der Waals surface area contributed by atoms with Crippen molar-refractivity contribution >= 4 is 5.91 Å². The van der Waals surface area contributed by atoms with Crippen molar-refractivity contribution in [2.75, 3.05) is 45.9 Å². The number of fused-ring (bicyclic) bond motifs is 1. The summed E-state index contributed by atoms with van der Waals surface area (Å²) in [5, 5.41) is 3.31. The van der Waals surface area contributed by atoms with E-state index in [1.54, 1.807) is 0 Å². The molecular formula is C24H38N4O2. The molecular weight excluding hydrogens is 376 g/mol. The number of hydrogen-bond donors (Lipinski definition) is 1. The Balaban J connectivity index is 1.46. The zero-order chi connectivity index (χ0) is 21.1. The van der Waals surface area contributed by atoms with Gasteiger partial charge in [-0.15, -0.1) is 0 Å². The average Bonchev–Trinajstić information content (AvgIpc) is 2.79. The van der Waals surface area contributed by atoms with Crippen LogP contribution in [0.25, 0.3) is 0 Å². The predicted octanol–water partition coefficient (Wildman–Crippen LogP) is 2.53. The number of morpholine rings is 1. The SMILES string of the molecule is CCN1CC[C@@H]2C[C@@H](N3CCOCC3)CC[C@@]2(C(=O)NCc2cnc(C)c(C)c2)C1. The lowest BCUT2D eigenvalue weighted by Gasteiger charge is -2.53. The zero-order valence-electron chi connectivity index (χ0n) is 19.0. The fourth-order valence-electron chi connectivity index (χ4n) is 5.79. The third-order valence-electron chi connectivity index (χ3n) is 7.87. The van der Waals surface area contributed by atoms with Crippen LogP contribution in [0.5, 0.6) is 0 Å². The maximum Gasteiger partial charge on any atom is 0.228 e. The molecule has 6 heteroatoms. The van der Waals surface area contributed by atoms with Gasteiger partial charge in [0.1, 0.15) is 0 Å². The van der Waals surface area contributed by atoms with Crippen molar-refractivity contribution in [2.24, 2.45) is 11.3 Å². The number of aryl methyl sites for hydroxylation is 2. The van der Waals surface area contributed by atoms with E-state index in [2.05, 4.69) is 40.0 Å². The van der Waals surface area contributed by atoms with Gasteiger partial charge in [0.2, 0.25) is 5.91 Å². The van der Waals surface area contributed by atoms with E-state index >= 15 is 0 Å². The second-order valence-electron chi connectivity index (χ2n) is 9.52. The van der Waals surface area contributed by atoms with Crippen molar-refractivity contribution in [1.82, 2.24) is 20.1 Å². The molecule has 0 radical (unpaired) electrons. The summed E-state index contributed by atoms with van der Waals surface area (Å²) in [6, 6.07) is 2.75. The van der Waals surface area contributed by atoms with Crippen LogP contribution in [0.15, 0.2) is 12.3 Å². The van der Waals surface area contributed by atoms with E-state index in [1.807, 2.05) is 13.1 Å². The summed E-state index contributed by atoms with van der Waals surface area (Å²) in [7, 11) is 0. The van der Waals surface area contributed by atoms with Crippen LogP contribution in [0.2, 0.25) is 0 Å². The molecule has 0 unspecified atom stereocenters. The Hall–Kier alpha value is -1.50. The number of likely N-dealkylation sites (tertiary alicyclic amines) is 1. The summed E-state index contributed by atoms with van der Waals surface area (Å²) in [6.45, 7) is 13.7. The molecule has 2 saturated heterocycles. The molecule has 4 rings (SSSR count). The Kier molecular flexibility index (Phi) is 6.75. The molecule has 3 heterocycles. The van der Waals surface area contributed by atoms with Gasteiger partial charge in [-0.3, -0.25) is 14.7 Å². The Bertz CT molecular complexity index is 749. The monoisotopic (exact) mass is 414 g/mol. The van der Waals surface area contributed by atoms with Crippen molar-refractivity contribution in [3.63, 3.8) is 0 Å². The molecule has 3 aliphatic rings. The third-order valence-corrected chi connectivity index (χ3v) is 7.87. The molecule has 6 nitrogen and oxygen atoms in total. The molecule has 1 aromatic rings. The molecule has 2 aliphatic heterocycles. The van der Waals surface area contributed by atoms with Crippen molar-refractivity contribution < 1.29 is 9.53 Å². The predicted molar refractivity (Wildman–Crippen MR) is 118 cm³/mol. The summed E-state index contributed by atoms with van der Waals surface area (Å²) in [5.41, 5.74) is 3.07. The van der Waals surface area contributed by atoms with Crippen LogP contribution in [0.1, 0.15) is 49.4 Å². The first-order chi connectivity index (χ1) is 14.5. The summed E-state index contributed by atoms with van der Waals surface area (Å²) in [5.74, 6) is 0.726. The van der Waals surface area contributed by atoms with Gasteiger partial charge in [-0.2, -0.15) is 0 Å². The first kappa shape index (κ1) is 21.7. The van der Waals surface area contributed by atoms with Crippen LogP contribution in [0.4, 0.5) is 0 Å². The highest BCUT2D eigenvalue weighted by atomic mass is 16.5. The third kappa shape index (κ3) is 4.41. The number of carbonyl (C=O) groups is 1. The summed E-state index contributed by atoms with van der Waals surface area (Å²) in [6.07, 6.45) is 6.29. The number of carbonyl (C=O) groups excluding carboxylic acids is 1. The zero-order valence-corrected chi connectivity index (χ0v) is 19.0. The van der Waals surface area contributed by atoms with Gasteiger partial charge < -0.3 is 15.0 Å². The van der Waals surface area contributed by atoms with Gasteiger partial charge in [0, 0.05) is 44.1 Å². The van der Waals surface area contributed by atoms with Crippen molar-refractivity contribution in [2.45, 2.75) is 59.0 Å². The van der Waals surface area contributed by atoms with Crippen molar-refractivity contribution in [1.29, 1.82) is 0 Å². The molecule has 3 atom stereocenters. The molecule has 1 N–H and O–H groups in total. The van der Waals surface area contributed by atoms with E-state index in [4.69, 9.17) is 4.74 Å². The number of rotatable bonds is 5.